The van der Waals surface area contributed by atoms with Gasteiger partial charge in [0.25, 0.3) is 0 Å². The van der Waals surface area contributed by atoms with E-state index in [-0.39, 0.29) is 5.41 Å². The number of rotatable bonds is 3. The van der Waals surface area contributed by atoms with Crippen LogP contribution in [-0.2, 0) is 5.41 Å². The van der Waals surface area contributed by atoms with Crippen LogP contribution in [0.25, 0.3) is 31.1 Å². The lowest BCUT2D eigenvalue weighted by molar-refractivity contribution is 0.596. The molecule has 0 radical (unpaired) electrons. The van der Waals surface area contributed by atoms with Crippen LogP contribution in [0.1, 0.15) is 36.8 Å². The highest BCUT2D eigenvalue weighted by atomic mass is 32.1. The smallest absolute Gasteiger partial charge is 0.221 e. The normalized spacial score (nSPS) is 13.1. The van der Waals surface area contributed by atoms with E-state index in [1.54, 1.807) is 29.0 Å². The molecule has 0 spiro atoms. The molecule has 5 aromatic rings. The highest BCUT2D eigenvalue weighted by Crippen LogP contribution is 2.36. The first-order valence-electron chi connectivity index (χ1n) is 9.89. The Kier molecular flexibility index (Phi) is 4.60. The van der Waals surface area contributed by atoms with Crippen molar-refractivity contribution in [2.75, 3.05) is 0 Å². The molecule has 0 aliphatic rings. The van der Waals surface area contributed by atoms with Gasteiger partial charge in [-0.05, 0) is 70.6 Å². The quantitative estimate of drug-likeness (QED) is 0.210. The lowest BCUT2D eigenvalue weighted by atomic mass is 9.85. The molecule has 0 unspecified atom stereocenters. The number of hydrogen-bond acceptors (Lipinski definition) is 4. The second-order valence-corrected chi connectivity index (χ2v) is 10.7. The summed E-state index contributed by atoms with van der Waals surface area (Å²) in [4.78, 5) is 10.1. The number of aryl methyl sites for hydroxylation is 1. The molecular formula is C25H22N2OS2. The number of fused-ring (bicyclic) bond motifs is 4. The number of aliphatic imine (C=N–C) groups is 2. The van der Waals surface area contributed by atoms with Crippen molar-refractivity contribution in [3.8, 4) is 0 Å². The van der Waals surface area contributed by atoms with Crippen molar-refractivity contribution in [2.24, 2.45) is 9.98 Å². The third-order valence-electron chi connectivity index (χ3n) is 5.16. The molecule has 5 heteroatoms. The molecule has 0 saturated heterocycles. The highest BCUT2D eigenvalue weighted by molar-refractivity contribution is 7.19. The third-order valence-corrected chi connectivity index (χ3v) is 7.14. The lowest BCUT2D eigenvalue weighted by Crippen LogP contribution is -2.11. The van der Waals surface area contributed by atoms with Crippen molar-refractivity contribution in [3.63, 3.8) is 0 Å². The van der Waals surface area contributed by atoms with Crippen LogP contribution in [0.15, 0.2) is 62.2 Å². The molecule has 3 aromatic heterocycles. The standard InChI is InChI=1S/C25H22N2OS2/c1-15-9-19-18-12-23(28-21(18)5-6-22(19)30-15)27-14-26-13-16-10-17-7-8-29-24(17)20(11-16)25(2,3)4/h5-14H,1-4H3/b26-13?,27-14-. The number of thiophene rings is 2. The Balaban J connectivity index is 1.44. The summed E-state index contributed by atoms with van der Waals surface area (Å²) in [6, 6.07) is 14.9. The van der Waals surface area contributed by atoms with Gasteiger partial charge < -0.3 is 4.42 Å². The summed E-state index contributed by atoms with van der Waals surface area (Å²) >= 11 is 3.59. The van der Waals surface area contributed by atoms with Gasteiger partial charge >= 0.3 is 0 Å². The Morgan fingerprint density at radius 2 is 1.87 bits per heavy atom. The van der Waals surface area contributed by atoms with Crippen LogP contribution >= 0.6 is 22.7 Å². The van der Waals surface area contributed by atoms with Crippen molar-refractivity contribution in [2.45, 2.75) is 33.1 Å². The predicted octanol–water partition coefficient (Wildman–Crippen LogP) is 8.25. The van der Waals surface area contributed by atoms with E-state index >= 15 is 0 Å². The van der Waals surface area contributed by atoms with Crippen LogP contribution in [0.5, 0.6) is 0 Å². The van der Waals surface area contributed by atoms with Crippen molar-refractivity contribution < 1.29 is 4.42 Å². The summed E-state index contributed by atoms with van der Waals surface area (Å²) in [5.74, 6) is 0.571. The molecule has 3 nitrogen and oxygen atoms in total. The summed E-state index contributed by atoms with van der Waals surface area (Å²) < 4.78 is 8.51. The molecule has 0 saturated carbocycles. The second kappa shape index (κ2) is 7.18. The Morgan fingerprint density at radius 1 is 1.00 bits per heavy atom. The first-order chi connectivity index (χ1) is 14.4. The number of nitrogens with zero attached hydrogens (tertiary/aromatic N) is 2. The molecule has 0 N–H and O–H groups in total. The van der Waals surface area contributed by atoms with Gasteiger partial charge in [-0.25, -0.2) is 9.98 Å². The fourth-order valence-electron chi connectivity index (χ4n) is 3.75. The van der Waals surface area contributed by atoms with Crippen LogP contribution in [0.2, 0.25) is 0 Å². The first-order valence-corrected chi connectivity index (χ1v) is 11.6. The van der Waals surface area contributed by atoms with Gasteiger partial charge in [0.2, 0.25) is 5.88 Å². The summed E-state index contributed by atoms with van der Waals surface area (Å²) in [6.07, 6.45) is 3.42. The van der Waals surface area contributed by atoms with E-state index in [1.165, 1.54) is 30.6 Å². The van der Waals surface area contributed by atoms with Gasteiger partial charge in [0.1, 0.15) is 11.9 Å². The Hall–Kier alpha value is -2.76. The zero-order valence-electron chi connectivity index (χ0n) is 17.4. The molecule has 0 aliphatic carbocycles. The van der Waals surface area contributed by atoms with Crippen LogP contribution in [-0.4, -0.2) is 12.6 Å². The molecule has 5 rings (SSSR count). The predicted molar refractivity (Wildman–Crippen MR) is 133 cm³/mol. The zero-order valence-corrected chi connectivity index (χ0v) is 19.0. The molecule has 2 aromatic carbocycles. The highest BCUT2D eigenvalue weighted by Gasteiger charge is 2.18. The Bertz CT molecular complexity index is 1440. The van der Waals surface area contributed by atoms with Gasteiger partial charge in [0, 0.05) is 37.3 Å². The first kappa shape index (κ1) is 19.2. The third kappa shape index (κ3) is 3.48. The van der Waals surface area contributed by atoms with Gasteiger partial charge in [-0.3, -0.25) is 0 Å². The monoisotopic (exact) mass is 430 g/mol. The molecule has 0 amide bonds. The van der Waals surface area contributed by atoms with Crippen LogP contribution in [0.4, 0.5) is 5.88 Å². The van der Waals surface area contributed by atoms with E-state index in [4.69, 9.17) is 4.42 Å². The Morgan fingerprint density at radius 3 is 2.70 bits per heavy atom. The molecule has 0 atom stereocenters. The minimum absolute atomic E-state index is 0.0840. The van der Waals surface area contributed by atoms with Gasteiger partial charge in [-0.15, -0.1) is 22.7 Å². The maximum atomic E-state index is 5.88. The average Bonchev–Trinajstić information content (AvgIpc) is 3.40. The summed E-state index contributed by atoms with van der Waals surface area (Å²) in [5.41, 5.74) is 3.37. The van der Waals surface area contributed by atoms with E-state index in [0.717, 1.165) is 16.5 Å². The van der Waals surface area contributed by atoms with Crippen LogP contribution in [0, 0.1) is 6.92 Å². The van der Waals surface area contributed by atoms with E-state index in [9.17, 15) is 0 Å². The van der Waals surface area contributed by atoms with Gasteiger partial charge in [0.05, 0.1) is 0 Å². The summed E-state index contributed by atoms with van der Waals surface area (Å²) in [7, 11) is 0. The molecule has 0 fully saturated rings. The molecule has 0 aliphatic heterocycles. The maximum Gasteiger partial charge on any atom is 0.221 e. The van der Waals surface area contributed by atoms with E-state index in [2.05, 4.69) is 73.4 Å². The average molecular weight is 431 g/mol. The van der Waals surface area contributed by atoms with E-state index in [1.807, 2.05) is 18.3 Å². The molecule has 150 valence electrons. The SMILES string of the molecule is Cc1cc2c(ccc3oc(/N=C\N=Cc4cc(C(C)(C)C)c5sccc5c4)cc32)s1. The fraction of sp³-hybridized carbons (Fsp3) is 0.200. The molecule has 30 heavy (non-hydrogen) atoms. The van der Waals surface area contributed by atoms with E-state index in [0.29, 0.717) is 5.88 Å². The molecule has 0 bridgehead atoms. The molecular weight excluding hydrogens is 408 g/mol. The summed E-state index contributed by atoms with van der Waals surface area (Å²) in [6.45, 7) is 8.87. The maximum absolute atomic E-state index is 5.88. The topological polar surface area (TPSA) is 37.9 Å². The minimum atomic E-state index is 0.0840. The van der Waals surface area contributed by atoms with Gasteiger partial charge in [0.15, 0.2) is 0 Å². The van der Waals surface area contributed by atoms with Crippen LogP contribution < -0.4 is 0 Å². The van der Waals surface area contributed by atoms with Gasteiger partial charge in [-0.1, -0.05) is 20.8 Å². The largest absolute Gasteiger partial charge is 0.438 e. The van der Waals surface area contributed by atoms with Crippen LogP contribution in [0.3, 0.4) is 0 Å². The number of furan rings is 1. The second-order valence-electron chi connectivity index (χ2n) is 8.51. The van der Waals surface area contributed by atoms with Crippen molar-refractivity contribution in [1.29, 1.82) is 0 Å². The number of hydrogen-bond donors (Lipinski definition) is 0. The Labute approximate surface area is 183 Å². The van der Waals surface area contributed by atoms with Crippen molar-refractivity contribution in [1.82, 2.24) is 0 Å². The zero-order chi connectivity index (χ0) is 20.9. The lowest BCUT2D eigenvalue weighted by Gasteiger charge is -2.20. The van der Waals surface area contributed by atoms with Gasteiger partial charge in [-0.2, -0.15) is 0 Å². The van der Waals surface area contributed by atoms with Crippen molar-refractivity contribution >= 4 is 72.3 Å². The number of benzene rings is 2. The van der Waals surface area contributed by atoms with E-state index < -0.39 is 0 Å². The van der Waals surface area contributed by atoms with Crippen molar-refractivity contribution in [3.05, 3.63) is 63.8 Å². The molecule has 3 heterocycles. The summed E-state index contributed by atoms with van der Waals surface area (Å²) in [5, 5.41) is 5.74. The fourth-order valence-corrected chi connectivity index (χ4v) is 5.80. The minimum Gasteiger partial charge on any atom is -0.438 e.